The van der Waals surface area contributed by atoms with Crippen molar-refractivity contribution in [3.8, 4) is 5.75 Å². The SMILES string of the molecule is COc1cccc(CCC2=NCCN2CCc2ccccc2)c1. The van der Waals surface area contributed by atoms with E-state index in [9.17, 15) is 0 Å². The van der Waals surface area contributed by atoms with E-state index < -0.39 is 0 Å². The number of aryl methyl sites for hydroxylation is 1. The van der Waals surface area contributed by atoms with Crippen LogP contribution in [0.4, 0.5) is 0 Å². The van der Waals surface area contributed by atoms with Gasteiger partial charge in [0.25, 0.3) is 0 Å². The first-order valence-electron chi connectivity index (χ1n) is 8.30. The van der Waals surface area contributed by atoms with Gasteiger partial charge in [-0.2, -0.15) is 0 Å². The number of amidine groups is 1. The number of methoxy groups -OCH3 is 1. The van der Waals surface area contributed by atoms with Crippen molar-refractivity contribution in [1.29, 1.82) is 0 Å². The van der Waals surface area contributed by atoms with Gasteiger partial charge in [-0.1, -0.05) is 42.5 Å². The maximum absolute atomic E-state index is 5.29. The minimum absolute atomic E-state index is 0.928. The topological polar surface area (TPSA) is 24.8 Å². The fourth-order valence-electron chi connectivity index (χ4n) is 3.00. The normalized spacial score (nSPS) is 14.0. The summed E-state index contributed by atoms with van der Waals surface area (Å²) in [5.41, 5.74) is 2.70. The van der Waals surface area contributed by atoms with Gasteiger partial charge in [-0.25, -0.2) is 0 Å². The molecule has 0 radical (unpaired) electrons. The summed E-state index contributed by atoms with van der Waals surface area (Å²) in [4.78, 5) is 7.14. The second kappa shape index (κ2) is 7.82. The molecule has 23 heavy (non-hydrogen) atoms. The summed E-state index contributed by atoms with van der Waals surface area (Å²) in [6.07, 6.45) is 3.10. The van der Waals surface area contributed by atoms with Gasteiger partial charge in [0.15, 0.2) is 0 Å². The molecule has 0 amide bonds. The Bertz CT molecular complexity index is 652. The highest BCUT2D eigenvalue weighted by Crippen LogP contribution is 2.16. The summed E-state index contributed by atoms with van der Waals surface area (Å²) in [6, 6.07) is 19.0. The molecular formula is C20H24N2O. The highest BCUT2D eigenvalue weighted by Gasteiger charge is 2.16. The molecule has 0 fully saturated rings. The maximum Gasteiger partial charge on any atom is 0.119 e. The lowest BCUT2D eigenvalue weighted by molar-refractivity contribution is 0.414. The standard InChI is InChI=1S/C20H24N2O/c1-23-19-9-5-8-18(16-19)10-11-20-21-13-15-22(20)14-12-17-6-3-2-4-7-17/h2-9,16H,10-15H2,1H3. The molecule has 3 heteroatoms. The van der Waals surface area contributed by atoms with Crippen molar-refractivity contribution < 1.29 is 4.74 Å². The minimum atomic E-state index is 0.928. The fraction of sp³-hybridized carbons (Fsp3) is 0.350. The second-order valence-corrected chi connectivity index (χ2v) is 5.87. The Balaban J connectivity index is 1.52. The van der Waals surface area contributed by atoms with Gasteiger partial charge >= 0.3 is 0 Å². The van der Waals surface area contributed by atoms with E-state index in [2.05, 4.69) is 53.4 Å². The summed E-state index contributed by atoms with van der Waals surface area (Å²) in [7, 11) is 1.71. The Morgan fingerprint density at radius 1 is 0.957 bits per heavy atom. The maximum atomic E-state index is 5.29. The third-order valence-corrected chi connectivity index (χ3v) is 4.31. The van der Waals surface area contributed by atoms with Crippen LogP contribution in [-0.4, -0.2) is 37.5 Å². The second-order valence-electron chi connectivity index (χ2n) is 5.87. The molecule has 2 aromatic carbocycles. The highest BCUT2D eigenvalue weighted by atomic mass is 16.5. The molecule has 3 nitrogen and oxygen atoms in total. The van der Waals surface area contributed by atoms with Crippen molar-refractivity contribution in [2.45, 2.75) is 19.3 Å². The van der Waals surface area contributed by atoms with Crippen LogP contribution in [0.25, 0.3) is 0 Å². The van der Waals surface area contributed by atoms with E-state index in [0.717, 1.165) is 44.6 Å². The monoisotopic (exact) mass is 308 g/mol. The first-order chi connectivity index (χ1) is 11.3. The van der Waals surface area contributed by atoms with Crippen LogP contribution in [0.1, 0.15) is 17.5 Å². The van der Waals surface area contributed by atoms with Crippen LogP contribution in [-0.2, 0) is 12.8 Å². The van der Waals surface area contributed by atoms with Gasteiger partial charge in [0, 0.05) is 19.5 Å². The molecule has 1 aliphatic heterocycles. The van der Waals surface area contributed by atoms with Gasteiger partial charge in [-0.05, 0) is 36.1 Å². The van der Waals surface area contributed by atoms with E-state index in [0.29, 0.717) is 0 Å². The van der Waals surface area contributed by atoms with Crippen LogP contribution in [0.5, 0.6) is 5.75 Å². The smallest absolute Gasteiger partial charge is 0.119 e. The largest absolute Gasteiger partial charge is 0.497 e. The molecule has 120 valence electrons. The molecule has 0 bridgehead atoms. The summed E-state index contributed by atoms with van der Waals surface area (Å²) >= 11 is 0. The number of rotatable bonds is 7. The van der Waals surface area contributed by atoms with Crippen molar-refractivity contribution in [2.24, 2.45) is 4.99 Å². The number of nitrogens with zero attached hydrogens (tertiary/aromatic N) is 2. The first-order valence-corrected chi connectivity index (χ1v) is 8.30. The van der Waals surface area contributed by atoms with Crippen molar-refractivity contribution in [3.05, 3.63) is 65.7 Å². The average molecular weight is 308 g/mol. The Morgan fingerprint density at radius 2 is 1.78 bits per heavy atom. The summed E-state index contributed by atoms with van der Waals surface area (Å²) in [5, 5.41) is 0. The molecule has 0 atom stereocenters. The summed E-state index contributed by atoms with van der Waals surface area (Å²) < 4.78 is 5.29. The van der Waals surface area contributed by atoms with Crippen molar-refractivity contribution in [2.75, 3.05) is 26.7 Å². The van der Waals surface area contributed by atoms with Crippen molar-refractivity contribution in [3.63, 3.8) is 0 Å². The highest BCUT2D eigenvalue weighted by molar-refractivity contribution is 5.84. The van der Waals surface area contributed by atoms with Gasteiger partial charge in [0.05, 0.1) is 19.5 Å². The van der Waals surface area contributed by atoms with E-state index in [1.165, 1.54) is 17.0 Å². The first kappa shape index (κ1) is 15.6. The van der Waals surface area contributed by atoms with Crippen LogP contribution >= 0.6 is 0 Å². The molecule has 3 rings (SSSR count). The summed E-state index contributed by atoms with van der Waals surface area (Å²) in [5.74, 6) is 2.18. The van der Waals surface area contributed by atoms with Crippen LogP contribution in [0.2, 0.25) is 0 Å². The molecule has 1 heterocycles. The van der Waals surface area contributed by atoms with Crippen LogP contribution in [0, 0.1) is 0 Å². The minimum Gasteiger partial charge on any atom is -0.497 e. The molecule has 0 aliphatic carbocycles. The molecule has 0 aromatic heterocycles. The lowest BCUT2D eigenvalue weighted by Gasteiger charge is -2.20. The van der Waals surface area contributed by atoms with E-state index in [1.807, 2.05) is 6.07 Å². The van der Waals surface area contributed by atoms with Gasteiger partial charge in [-0.15, -0.1) is 0 Å². The van der Waals surface area contributed by atoms with Crippen LogP contribution in [0.3, 0.4) is 0 Å². The zero-order chi connectivity index (χ0) is 15.9. The van der Waals surface area contributed by atoms with E-state index >= 15 is 0 Å². The van der Waals surface area contributed by atoms with E-state index in [1.54, 1.807) is 7.11 Å². The van der Waals surface area contributed by atoms with Gasteiger partial charge in [-0.3, -0.25) is 4.99 Å². The molecule has 0 saturated heterocycles. The zero-order valence-electron chi connectivity index (χ0n) is 13.7. The number of hydrogen-bond acceptors (Lipinski definition) is 3. The predicted molar refractivity (Wildman–Crippen MR) is 95.3 cm³/mol. The lowest BCUT2D eigenvalue weighted by Crippen LogP contribution is -2.30. The van der Waals surface area contributed by atoms with Gasteiger partial charge < -0.3 is 9.64 Å². The molecule has 0 N–H and O–H groups in total. The Kier molecular flexibility index (Phi) is 5.30. The third kappa shape index (κ3) is 4.35. The van der Waals surface area contributed by atoms with Crippen molar-refractivity contribution in [1.82, 2.24) is 4.90 Å². The average Bonchev–Trinajstić information content (AvgIpc) is 3.07. The van der Waals surface area contributed by atoms with Gasteiger partial charge in [0.1, 0.15) is 5.75 Å². The number of hydrogen-bond donors (Lipinski definition) is 0. The quantitative estimate of drug-likeness (QED) is 0.781. The molecule has 0 spiro atoms. The Labute approximate surface area is 138 Å². The molecule has 0 unspecified atom stereocenters. The molecule has 1 aliphatic rings. The Hall–Kier alpha value is -2.29. The van der Waals surface area contributed by atoms with E-state index in [4.69, 9.17) is 9.73 Å². The lowest BCUT2D eigenvalue weighted by atomic mass is 10.1. The summed E-state index contributed by atoms with van der Waals surface area (Å²) in [6.45, 7) is 3.05. The molecule has 0 saturated carbocycles. The van der Waals surface area contributed by atoms with E-state index in [-0.39, 0.29) is 0 Å². The predicted octanol–water partition coefficient (Wildman–Crippen LogP) is 3.58. The molecular weight excluding hydrogens is 284 g/mol. The molecule has 2 aromatic rings. The van der Waals surface area contributed by atoms with Crippen molar-refractivity contribution >= 4 is 5.84 Å². The number of ether oxygens (including phenoxy) is 1. The zero-order valence-corrected chi connectivity index (χ0v) is 13.7. The van der Waals surface area contributed by atoms with Crippen LogP contribution in [0.15, 0.2) is 59.6 Å². The number of aliphatic imine (C=N–C) groups is 1. The Morgan fingerprint density at radius 3 is 2.61 bits per heavy atom. The fourth-order valence-corrected chi connectivity index (χ4v) is 3.00. The van der Waals surface area contributed by atoms with Gasteiger partial charge in [0.2, 0.25) is 0 Å². The third-order valence-electron chi connectivity index (χ3n) is 4.31. The number of benzene rings is 2. The van der Waals surface area contributed by atoms with Crippen LogP contribution < -0.4 is 4.74 Å².